The molecule has 0 aliphatic rings. The Balaban J connectivity index is 0.000000602. The van der Waals surface area contributed by atoms with E-state index >= 15 is 0 Å². The van der Waals surface area contributed by atoms with Crippen LogP contribution in [0, 0.1) is 0 Å². The number of aromatic hydroxyl groups is 1. The minimum absolute atomic E-state index is 0. The molecular weight excluding hydrogens is 448 g/mol. The molecule has 0 aliphatic carbocycles. The van der Waals surface area contributed by atoms with Gasteiger partial charge in [0.1, 0.15) is 5.75 Å². The molecule has 0 amide bonds. The van der Waals surface area contributed by atoms with Crippen molar-refractivity contribution in [2.45, 2.75) is 78.1 Å². The summed E-state index contributed by atoms with van der Waals surface area (Å²) in [7, 11) is 0. The van der Waals surface area contributed by atoms with Gasteiger partial charge in [0.15, 0.2) is 0 Å². The molecule has 0 radical (unpaired) electrons. The van der Waals surface area contributed by atoms with Crippen molar-refractivity contribution in [3.8, 4) is 11.5 Å². The van der Waals surface area contributed by atoms with E-state index in [1.807, 2.05) is 0 Å². The zero-order valence-corrected chi connectivity index (χ0v) is 22.0. The van der Waals surface area contributed by atoms with Gasteiger partial charge in [-0.2, -0.15) is 0 Å². The number of benzene rings is 2. The fourth-order valence-corrected chi connectivity index (χ4v) is 3.28. The number of hydrogen-bond acceptors (Lipinski definition) is 5. The Hall–Kier alpha value is -1.76. The van der Waals surface area contributed by atoms with Gasteiger partial charge in [-0.05, 0) is 48.9 Å². The Morgan fingerprint density at radius 1 is 0.788 bits per heavy atom. The number of rotatable bonds is 12. The van der Waals surface area contributed by atoms with Crippen molar-refractivity contribution >= 4 is 49.7 Å². The van der Waals surface area contributed by atoms with Gasteiger partial charge in [-0.1, -0.05) is 82.2 Å². The molecule has 2 aromatic carbocycles. The first-order valence-corrected chi connectivity index (χ1v) is 11.4. The third-order valence-electron chi connectivity index (χ3n) is 5.23. The van der Waals surface area contributed by atoms with Crippen molar-refractivity contribution in [3.63, 3.8) is 0 Å². The van der Waals surface area contributed by atoms with E-state index in [0.29, 0.717) is 5.56 Å². The average molecular weight is 483 g/mol. The van der Waals surface area contributed by atoms with E-state index < -0.39 is 11.9 Å². The van der Waals surface area contributed by atoms with E-state index in [1.165, 1.54) is 37.5 Å². The summed E-state index contributed by atoms with van der Waals surface area (Å²) in [6.07, 6.45) is 10.5. The Kier molecular flexibility index (Phi) is 16.7. The summed E-state index contributed by atoms with van der Waals surface area (Å²) in [5.74, 6) is -2.41. The van der Waals surface area contributed by atoms with Crippen LogP contribution in [-0.4, -0.2) is 59.9 Å². The van der Waals surface area contributed by atoms with E-state index in [4.69, 9.17) is 5.11 Å². The number of unbranched alkanes of at least 4 members (excludes halogenated alkanes) is 6. The van der Waals surface area contributed by atoms with Crippen LogP contribution in [0.5, 0.6) is 11.5 Å². The summed E-state index contributed by atoms with van der Waals surface area (Å²) in [4.78, 5) is 21.2. The monoisotopic (exact) mass is 482 g/mol. The molecule has 0 bridgehead atoms. The molecule has 176 valence electrons. The van der Waals surface area contributed by atoms with Crippen molar-refractivity contribution in [1.29, 1.82) is 0 Å². The van der Waals surface area contributed by atoms with Crippen molar-refractivity contribution in [2.24, 2.45) is 0 Å². The third-order valence-corrected chi connectivity index (χ3v) is 5.23. The maximum atomic E-state index is 11.5. The van der Waals surface area contributed by atoms with Gasteiger partial charge in [0.25, 0.3) is 0 Å². The molecule has 2 N–H and O–H groups in total. The molecule has 0 saturated carbocycles. The van der Waals surface area contributed by atoms with Crippen LogP contribution in [0.25, 0.3) is 0 Å². The number of hydrogen-bond donors (Lipinski definition) is 2. The molecule has 2 rings (SSSR count). The van der Waals surface area contributed by atoms with E-state index in [1.54, 1.807) is 12.1 Å². The van der Waals surface area contributed by atoms with E-state index in [9.17, 15) is 24.9 Å². The molecule has 7 heteroatoms. The fourth-order valence-electron chi connectivity index (χ4n) is 3.28. The molecule has 0 fully saturated rings. The number of phenolic OH excluding ortho intramolecular Hbond substituents is 1. The SMILES string of the molecule is CCCCCCc1ccc(C(=O)O)cc1O.CCCCCCc1ccc(C(=O)[O-])cc1[O-].[Ca+2]. The number of aryl methyl sites for hydroxylation is 2. The number of carbonyl (C=O) groups is 2. The molecular formula is C26H34CaO6. The number of aromatic carboxylic acids is 2. The van der Waals surface area contributed by atoms with Gasteiger partial charge in [-0.3, -0.25) is 0 Å². The van der Waals surface area contributed by atoms with Crippen LogP contribution < -0.4 is 10.2 Å². The first kappa shape index (κ1) is 31.2. The van der Waals surface area contributed by atoms with Crippen LogP contribution in [0.2, 0.25) is 0 Å². The standard InChI is InChI=1S/2C13H18O3.Ca/c2*1-2-3-4-5-6-10-7-8-11(13(15)16)9-12(10)14;/h2*7-9,14H,2-6H2,1H3,(H,15,16);/q;;+2/p-2. The molecule has 0 aliphatic heterocycles. The summed E-state index contributed by atoms with van der Waals surface area (Å²) in [5, 5.41) is 40.4. The largest absolute Gasteiger partial charge is 2.00 e. The van der Waals surface area contributed by atoms with Crippen LogP contribution in [0.3, 0.4) is 0 Å². The van der Waals surface area contributed by atoms with Crippen LogP contribution in [-0.2, 0) is 12.8 Å². The second-order valence-corrected chi connectivity index (χ2v) is 7.88. The molecule has 0 unspecified atom stereocenters. The van der Waals surface area contributed by atoms with Gasteiger partial charge in [-0.25, -0.2) is 4.79 Å². The van der Waals surface area contributed by atoms with Gasteiger partial charge in [0.2, 0.25) is 0 Å². The maximum Gasteiger partial charge on any atom is 2.00 e. The minimum atomic E-state index is -1.30. The van der Waals surface area contributed by atoms with Gasteiger partial charge in [0.05, 0.1) is 11.5 Å². The van der Waals surface area contributed by atoms with Crippen molar-refractivity contribution in [2.75, 3.05) is 0 Å². The molecule has 6 nitrogen and oxygen atoms in total. The molecule has 0 saturated heterocycles. The summed E-state index contributed by atoms with van der Waals surface area (Å²) in [6.45, 7) is 4.28. The molecule has 0 aromatic heterocycles. The average Bonchev–Trinajstić information content (AvgIpc) is 2.76. The Morgan fingerprint density at radius 3 is 1.76 bits per heavy atom. The molecule has 2 aromatic rings. The van der Waals surface area contributed by atoms with E-state index in [-0.39, 0.29) is 60.4 Å². The zero-order chi connectivity index (χ0) is 23.9. The Bertz CT molecular complexity index is 794. The van der Waals surface area contributed by atoms with Crippen LogP contribution >= 0.6 is 0 Å². The summed E-state index contributed by atoms with van der Waals surface area (Å²) < 4.78 is 0. The summed E-state index contributed by atoms with van der Waals surface area (Å²) >= 11 is 0. The quantitative estimate of drug-likeness (QED) is 0.347. The fraction of sp³-hybridized carbons (Fsp3) is 0.462. The number of carboxylic acid groups (broad SMARTS) is 2. The third kappa shape index (κ3) is 12.3. The minimum Gasteiger partial charge on any atom is -0.872 e. The first-order chi connectivity index (χ1) is 15.3. The normalized spacial score (nSPS) is 10.0. The van der Waals surface area contributed by atoms with E-state index in [2.05, 4.69) is 13.8 Å². The van der Waals surface area contributed by atoms with E-state index in [0.717, 1.165) is 56.6 Å². The molecule has 0 spiro atoms. The summed E-state index contributed by atoms with van der Waals surface area (Å²) in [5.41, 5.74) is 1.62. The van der Waals surface area contributed by atoms with Gasteiger partial charge in [0, 0.05) is 0 Å². The first-order valence-electron chi connectivity index (χ1n) is 11.4. The number of carbonyl (C=O) groups excluding carboxylic acids is 1. The smallest absolute Gasteiger partial charge is 0.872 e. The predicted molar refractivity (Wildman–Crippen MR) is 127 cm³/mol. The number of carboxylic acids is 2. The molecule has 33 heavy (non-hydrogen) atoms. The Labute approximate surface area is 226 Å². The summed E-state index contributed by atoms with van der Waals surface area (Å²) in [6, 6.07) is 8.73. The zero-order valence-electron chi connectivity index (χ0n) is 19.8. The van der Waals surface area contributed by atoms with Crippen LogP contribution in [0.4, 0.5) is 0 Å². The van der Waals surface area contributed by atoms with Gasteiger partial charge >= 0.3 is 43.7 Å². The second-order valence-electron chi connectivity index (χ2n) is 7.88. The van der Waals surface area contributed by atoms with Crippen LogP contribution in [0.15, 0.2) is 36.4 Å². The molecule has 0 heterocycles. The van der Waals surface area contributed by atoms with Crippen molar-refractivity contribution in [3.05, 3.63) is 58.7 Å². The van der Waals surface area contributed by atoms with Gasteiger partial charge < -0.3 is 25.2 Å². The van der Waals surface area contributed by atoms with Gasteiger partial charge in [-0.15, -0.1) is 5.75 Å². The number of phenols is 1. The second kappa shape index (κ2) is 17.7. The van der Waals surface area contributed by atoms with Crippen LogP contribution in [0.1, 0.15) is 97.1 Å². The predicted octanol–water partition coefficient (Wildman–Crippen LogP) is 4.08. The topological polar surface area (TPSA) is 121 Å². The van der Waals surface area contributed by atoms with Crippen molar-refractivity contribution < 1.29 is 30.0 Å². The Morgan fingerprint density at radius 2 is 1.30 bits per heavy atom. The maximum absolute atomic E-state index is 11.5. The molecule has 0 atom stereocenters. The van der Waals surface area contributed by atoms with Crippen molar-refractivity contribution in [1.82, 2.24) is 0 Å².